The molecular weight excluding hydrogens is 374 g/mol. The summed E-state index contributed by atoms with van der Waals surface area (Å²) in [7, 11) is 0. The van der Waals surface area contributed by atoms with Gasteiger partial charge in [0.15, 0.2) is 0 Å². The maximum absolute atomic E-state index is 13.0. The van der Waals surface area contributed by atoms with Crippen LogP contribution in [0, 0.1) is 6.92 Å². The first-order chi connectivity index (χ1) is 13.2. The third-order valence-corrected chi connectivity index (χ3v) is 6.05. The van der Waals surface area contributed by atoms with Gasteiger partial charge in [-0.15, -0.1) is 11.3 Å². The molecule has 1 unspecified atom stereocenters. The lowest BCUT2D eigenvalue weighted by Gasteiger charge is -2.18. The van der Waals surface area contributed by atoms with Crippen LogP contribution in [0.3, 0.4) is 0 Å². The molecule has 0 spiro atoms. The zero-order valence-electron chi connectivity index (χ0n) is 14.6. The number of hydrogen-bond donors (Lipinski definition) is 1. The number of hydrogen-bond acceptors (Lipinski definition) is 5. The second-order valence-electron chi connectivity index (χ2n) is 6.02. The van der Waals surface area contributed by atoms with Gasteiger partial charge in [-0.2, -0.15) is 11.3 Å². The van der Waals surface area contributed by atoms with Crippen molar-refractivity contribution in [2.24, 2.45) is 0 Å². The molecule has 0 fully saturated rings. The van der Waals surface area contributed by atoms with E-state index in [0.29, 0.717) is 4.88 Å². The molecule has 0 bridgehead atoms. The van der Waals surface area contributed by atoms with Crippen LogP contribution in [0.15, 0.2) is 71.6 Å². The van der Waals surface area contributed by atoms with E-state index in [0.717, 1.165) is 27.5 Å². The molecule has 3 heterocycles. The maximum Gasteiger partial charge on any atom is 0.264 e. The second-order valence-corrected chi connectivity index (χ2v) is 7.80. The molecule has 134 valence electrons. The average molecular weight is 392 g/mol. The minimum atomic E-state index is -0.314. The molecule has 4 nitrogen and oxygen atoms in total. The number of rotatable bonds is 5. The Hall–Kier alpha value is -2.83. The van der Waals surface area contributed by atoms with Gasteiger partial charge in [0.1, 0.15) is 9.88 Å². The minimum absolute atomic E-state index is 0.133. The molecule has 3 aromatic heterocycles. The highest BCUT2D eigenvalue weighted by Crippen LogP contribution is 2.30. The number of pyridine rings is 1. The molecule has 4 rings (SSSR count). The van der Waals surface area contributed by atoms with Crippen LogP contribution >= 0.6 is 22.7 Å². The normalized spacial score (nSPS) is 11.9. The zero-order chi connectivity index (χ0) is 18.6. The molecule has 0 aliphatic rings. The molecule has 0 aliphatic heterocycles. The van der Waals surface area contributed by atoms with E-state index in [2.05, 4.69) is 15.3 Å². The molecule has 1 amide bonds. The van der Waals surface area contributed by atoms with E-state index >= 15 is 0 Å². The number of thiophene rings is 1. The lowest BCUT2D eigenvalue weighted by atomic mass is 10.0. The minimum Gasteiger partial charge on any atom is -0.339 e. The number of carbonyl (C=O) groups excluding carboxylic acids is 1. The Kier molecular flexibility index (Phi) is 5.09. The molecule has 1 N–H and O–H groups in total. The van der Waals surface area contributed by atoms with Crippen molar-refractivity contribution >= 4 is 28.6 Å². The molecule has 0 aliphatic carbocycles. The van der Waals surface area contributed by atoms with Crippen molar-refractivity contribution in [2.45, 2.75) is 13.0 Å². The molecule has 0 saturated heterocycles. The van der Waals surface area contributed by atoms with Crippen LogP contribution in [0.5, 0.6) is 0 Å². The summed E-state index contributed by atoms with van der Waals surface area (Å²) < 4.78 is 0. The lowest BCUT2D eigenvalue weighted by Crippen LogP contribution is -2.29. The van der Waals surface area contributed by atoms with E-state index in [9.17, 15) is 4.79 Å². The summed E-state index contributed by atoms with van der Waals surface area (Å²) in [5, 5.41) is 8.06. The van der Waals surface area contributed by atoms with Gasteiger partial charge in [0.2, 0.25) is 0 Å². The summed E-state index contributed by atoms with van der Waals surface area (Å²) in [4.78, 5) is 22.7. The van der Waals surface area contributed by atoms with Gasteiger partial charge >= 0.3 is 0 Å². The van der Waals surface area contributed by atoms with Gasteiger partial charge in [-0.3, -0.25) is 9.78 Å². The van der Waals surface area contributed by atoms with E-state index < -0.39 is 0 Å². The van der Waals surface area contributed by atoms with Gasteiger partial charge in [-0.25, -0.2) is 4.98 Å². The lowest BCUT2D eigenvalue weighted by molar-refractivity contribution is 0.0945. The topological polar surface area (TPSA) is 54.9 Å². The maximum atomic E-state index is 13.0. The van der Waals surface area contributed by atoms with Crippen molar-refractivity contribution in [1.29, 1.82) is 0 Å². The number of aryl methyl sites for hydroxylation is 1. The van der Waals surface area contributed by atoms with Crippen LogP contribution in [0.4, 0.5) is 0 Å². The fourth-order valence-electron chi connectivity index (χ4n) is 2.83. The average Bonchev–Trinajstić information content (AvgIpc) is 3.37. The molecule has 1 aromatic carbocycles. The highest BCUT2D eigenvalue weighted by molar-refractivity contribution is 7.17. The Balaban J connectivity index is 1.65. The van der Waals surface area contributed by atoms with Crippen LogP contribution in [-0.4, -0.2) is 15.9 Å². The Morgan fingerprint density at radius 2 is 1.89 bits per heavy atom. The van der Waals surface area contributed by atoms with E-state index in [1.807, 2.05) is 72.3 Å². The third-order valence-electron chi connectivity index (χ3n) is 4.16. The smallest absolute Gasteiger partial charge is 0.264 e. The largest absolute Gasteiger partial charge is 0.339 e. The molecule has 1 atom stereocenters. The summed E-state index contributed by atoms with van der Waals surface area (Å²) in [5.41, 5.74) is 3.59. The second kappa shape index (κ2) is 7.82. The first-order valence-corrected chi connectivity index (χ1v) is 10.2. The molecule has 0 saturated carbocycles. The molecule has 6 heteroatoms. The van der Waals surface area contributed by atoms with Gasteiger partial charge in [-0.1, -0.05) is 36.4 Å². The molecule has 4 aromatic rings. The SMILES string of the molecule is Cc1nc(-c2ccsc2)sc1C(=O)NC(c1ccccc1)c1ccccn1. The van der Waals surface area contributed by atoms with Crippen molar-refractivity contribution < 1.29 is 4.79 Å². The van der Waals surface area contributed by atoms with Crippen LogP contribution in [0.2, 0.25) is 0 Å². The van der Waals surface area contributed by atoms with Crippen molar-refractivity contribution in [3.05, 3.63) is 93.4 Å². The summed E-state index contributed by atoms with van der Waals surface area (Å²) >= 11 is 3.04. The Bertz CT molecular complexity index is 989. The summed E-state index contributed by atoms with van der Waals surface area (Å²) in [5.74, 6) is -0.133. The fraction of sp³-hybridized carbons (Fsp3) is 0.0952. The standard InChI is InChI=1S/C21H17N3OS2/c1-14-19(27-21(23-14)16-10-12-26-13-16)20(25)24-18(15-7-3-2-4-8-15)17-9-5-6-11-22-17/h2-13,18H,1H3,(H,24,25). The van der Waals surface area contributed by atoms with E-state index in [1.165, 1.54) is 11.3 Å². The van der Waals surface area contributed by atoms with Crippen LogP contribution in [0.1, 0.15) is 32.7 Å². The fourth-order valence-corrected chi connectivity index (χ4v) is 4.51. The monoisotopic (exact) mass is 391 g/mol. The predicted octanol–water partition coefficient (Wildman–Crippen LogP) is 5.09. The Labute approximate surface area is 165 Å². The summed E-state index contributed by atoms with van der Waals surface area (Å²) in [6.45, 7) is 1.87. The Morgan fingerprint density at radius 3 is 2.59 bits per heavy atom. The van der Waals surface area contributed by atoms with Crippen molar-refractivity contribution in [1.82, 2.24) is 15.3 Å². The van der Waals surface area contributed by atoms with Crippen molar-refractivity contribution in [3.8, 4) is 10.6 Å². The molecule has 0 radical (unpaired) electrons. The van der Waals surface area contributed by atoms with Crippen LogP contribution in [-0.2, 0) is 0 Å². The third kappa shape index (κ3) is 3.82. The van der Waals surface area contributed by atoms with Gasteiger partial charge in [0.05, 0.1) is 17.4 Å². The highest BCUT2D eigenvalue weighted by Gasteiger charge is 2.22. The predicted molar refractivity (Wildman–Crippen MR) is 110 cm³/mol. The van der Waals surface area contributed by atoms with E-state index in [4.69, 9.17) is 0 Å². The first kappa shape index (κ1) is 17.6. The zero-order valence-corrected chi connectivity index (χ0v) is 16.3. The number of benzene rings is 1. The first-order valence-electron chi connectivity index (χ1n) is 8.49. The van der Waals surface area contributed by atoms with Crippen molar-refractivity contribution in [3.63, 3.8) is 0 Å². The number of nitrogens with zero attached hydrogens (tertiary/aromatic N) is 2. The summed E-state index contributed by atoms with van der Waals surface area (Å²) in [6, 6.07) is 17.3. The number of nitrogens with one attached hydrogen (secondary N) is 1. The number of aromatic nitrogens is 2. The number of thiazole rings is 1. The molecule has 27 heavy (non-hydrogen) atoms. The van der Waals surface area contributed by atoms with Crippen LogP contribution in [0.25, 0.3) is 10.6 Å². The van der Waals surface area contributed by atoms with Gasteiger partial charge < -0.3 is 5.32 Å². The van der Waals surface area contributed by atoms with Gasteiger partial charge in [-0.05, 0) is 36.1 Å². The number of carbonyl (C=O) groups is 1. The Morgan fingerprint density at radius 1 is 1.07 bits per heavy atom. The van der Waals surface area contributed by atoms with Crippen LogP contribution < -0.4 is 5.32 Å². The van der Waals surface area contributed by atoms with Crippen molar-refractivity contribution in [2.75, 3.05) is 0 Å². The van der Waals surface area contributed by atoms with E-state index in [-0.39, 0.29) is 11.9 Å². The summed E-state index contributed by atoms with van der Waals surface area (Å²) in [6.07, 6.45) is 1.74. The quantitative estimate of drug-likeness (QED) is 0.515. The number of amides is 1. The van der Waals surface area contributed by atoms with Gasteiger partial charge in [0, 0.05) is 17.1 Å². The van der Waals surface area contributed by atoms with Gasteiger partial charge in [0.25, 0.3) is 5.91 Å². The molecular formula is C21H17N3OS2. The highest BCUT2D eigenvalue weighted by atomic mass is 32.1. The van der Waals surface area contributed by atoms with E-state index in [1.54, 1.807) is 17.5 Å².